The van der Waals surface area contributed by atoms with Crippen LogP contribution in [0.15, 0.2) is 206 Å². The maximum atomic E-state index is 13.1. The molecule has 0 saturated carbocycles. The van der Waals surface area contributed by atoms with Gasteiger partial charge in [0.15, 0.2) is 0 Å². The van der Waals surface area contributed by atoms with E-state index in [1.54, 1.807) is 15.9 Å². The predicted octanol–water partition coefficient (Wildman–Crippen LogP) is 21.8. The zero-order valence-corrected chi connectivity index (χ0v) is 48.0. The number of hydrogen-bond donors (Lipinski definition) is 0. The number of thiophene rings is 2. The molecule has 0 amide bonds. The zero-order chi connectivity index (χ0) is 65.4. The summed E-state index contributed by atoms with van der Waals surface area (Å²) in [6, 6.07) is 46.6. The van der Waals surface area contributed by atoms with Crippen molar-refractivity contribution in [2.75, 3.05) is 0 Å². The number of rotatable bonds is 4. The van der Waals surface area contributed by atoms with Gasteiger partial charge in [0.05, 0.1) is 102 Å². The van der Waals surface area contributed by atoms with E-state index in [2.05, 4.69) is 94.6 Å². The van der Waals surface area contributed by atoms with Crippen molar-refractivity contribution in [3.05, 3.63) is 234 Å². The summed E-state index contributed by atoms with van der Waals surface area (Å²) in [4.78, 5) is 4.81. The summed E-state index contributed by atoms with van der Waals surface area (Å²) in [5.74, 6) is 0. The van der Waals surface area contributed by atoms with Gasteiger partial charge in [0, 0.05) is 74.0 Å². The summed E-state index contributed by atoms with van der Waals surface area (Å²) in [6.45, 7) is 23.4. The predicted molar refractivity (Wildman–Crippen MR) is 358 cm³/mol. The topological polar surface area (TPSA) is 47.9 Å². The first-order chi connectivity index (χ1) is 45.1. The summed E-state index contributed by atoms with van der Waals surface area (Å²) in [7, 11) is 0. The SMILES string of the molecule is [2H]c1c([2H])c([2H])c2c(sc3c2c([2H])c([2H])c2c4c([2H])c([2H])c([2H])c([2H])c4n(-c4c(-n5c6ccccc6c6ccccc65)c(C#N)c(-n5c6ccc(C(C)(C)C)cc6c6cc(C(C)(C)C)c7c8ccccc8sc7c65)c([N+]#[C-])c4-n4c5ccccc5c5ccccc54)c32)c1[2H]. The first-order valence-electron chi connectivity index (χ1n) is 32.9. The Kier molecular flexibility index (Phi) is 8.13. The van der Waals surface area contributed by atoms with Crippen LogP contribution in [0.1, 0.15) is 71.9 Å². The van der Waals surface area contributed by atoms with Gasteiger partial charge >= 0.3 is 0 Å². The van der Waals surface area contributed by atoms with Crippen molar-refractivity contribution in [1.29, 1.82) is 5.26 Å². The number of hydrogen-bond acceptors (Lipinski definition) is 3. The minimum absolute atomic E-state index is 0.00152. The quantitative estimate of drug-likeness (QED) is 0.162. The molecule has 0 aliphatic heterocycles. The Morgan fingerprint density at radius 1 is 0.429 bits per heavy atom. The van der Waals surface area contributed by atoms with Gasteiger partial charge in [-0.1, -0.05) is 187 Å². The number of fused-ring (bicyclic) bond motifs is 20. The maximum absolute atomic E-state index is 13.1. The second kappa shape index (κ2) is 17.3. The highest BCUT2D eigenvalue weighted by Gasteiger charge is 2.36. The molecule has 0 unspecified atom stereocenters. The molecule has 398 valence electrons. The van der Waals surface area contributed by atoms with Crippen LogP contribution in [0.4, 0.5) is 5.69 Å². The third-order valence-corrected chi connectivity index (χ3v) is 19.5. The van der Waals surface area contributed by atoms with E-state index < -0.39 is 54.4 Å². The van der Waals surface area contributed by atoms with Gasteiger partial charge in [-0.3, -0.25) is 0 Å². The van der Waals surface area contributed by atoms with Crippen LogP contribution >= 0.6 is 22.7 Å². The Morgan fingerprint density at radius 3 is 1.57 bits per heavy atom. The van der Waals surface area contributed by atoms with Crippen LogP contribution in [-0.4, -0.2) is 18.3 Å². The van der Waals surface area contributed by atoms with E-state index >= 15 is 0 Å². The molecule has 84 heavy (non-hydrogen) atoms. The lowest BCUT2D eigenvalue weighted by Crippen LogP contribution is -2.15. The highest BCUT2D eigenvalue weighted by molar-refractivity contribution is 7.27. The van der Waals surface area contributed by atoms with Gasteiger partial charge in [-0.05, 0) is 82.6 Å². The van der Waals surface area contributed by atoms with E-state index in [0.29, 0.717) is 22.1 Å². The second-order valence-electron chi connectivity index (χ2n) is 23.8. The maximum Gasteiger partial charge on any atom is 0.237 e. The number of para-hydroxylation sites is 5. The summed E-state index contributed by atoms with van der Waals surface area (Å²) < 4.78 is 106. The van der Waals surface area contributed by atoms with E-state index in [9.17, 15) is 22.8 Å². The molecule has 6 aromatic heterocycles. The number of aromatic nitrogens is 4. The fourth-order valence-electron chi connectivity index (χ4n) is 13.5. The minimum Gasteiger partial charge on any atom is -0.317 e. The molecule has 0 saturated heterocycles. The highest BCUT2D eigenvalue weighted by Crippen LogP contribution is 2.55. The van der Waals surface area contributed by atoms with Crippen molar-refractivity contribution in [1.82, 2.24) is 18.3 Å². The van der Waals surface area contributed by atoms with Crippen molar-refractivity contribution in [2.45, 2.75) is 52.4 Å². The lowest BCUT2D eigenvalue weighted by molar-refractivity contribution is 0.591. The standard InChI is InChI=1S/C76H52N6S2/c1-75(2,3)43-36-39-62-53(40-43)54-41-56(76(4,5)6)65-52-28-14-21-35-64(52)84-74(65)70(54)81(62)67-55(42-77)68(79-57-29-15-8-22-44(57)45-23-9-16-30-58(45)79)72(71(66(67)78-7)80-59-31-17-10-24-46(59)47-25-11-18-32-60(47)80)82-61-33-19-12-26-48(61)50-37-38-51-49-27-13-20-34-63(49)83-73(51)69(50)82/h8-41H,1-6H3/i12D,13D,19D,20D,26D,27D,33D,34D,37D,38D. The largest absolute Gasteiger partial charge is 0.317 e. The van der Waals surface area contributed by atoms with Crippen molar-refractivity contribution in [3.8, 4) is 28.8 Å². The smallest absolute Gasteiger partial charge is 0.237 e. The van der Waals surface area contributed by atoms with Crippen LogP contribution in [0.2, 0.25) is 0 Å². The molecule has 0 spiro atoms. The fourth-order valence-corrected chi connectivity index (χ4v) is 15.9. The molecule has 17 rings (SSSR count). The molecule has 0 bridgehead atoms. The molecule has 0 aliphatic rings. The molecule has 17 aromatic rings. The first-order valence-corrected chi connectivity index (χ1v) is 29.5. The lowest BCUT2D eigenvalue weighted by atomic mass is 9.82. The monoisotopic (exact) mass is 1120 g/mol. The van der Waals surface area contributed by atoms with Gasteiger partial charge in [-0.25, -0.2) is 4.85 Å². The van der Waals surface area contributed by atoms with E-state index in [4.69, 9.17) is 7.59 Å². The minimum atomic E-state index is -0.604. The molecule has 0 aliphatic carbocycles. The van der Waals surface area contributed by atoms with Gasteiger partial charge in [0.2, 0.25) is 5.69 Å². The van der Waals surface area contributed by atoms with E-state index in [0.717, 1.165) is 86.0 Å². The van der Waals surface area contributed by atoms with Gasteiger partial charge in [0.1, 0.15) is 6.07 Å². The first kappa shape index (κ1) is 39.5. The third-order valence-electron chi connectivity index (χ3n) is 17.2. The van der Waals surface area contributed by atoms with Crippen molar-refractivity contribution < 1.29 is 13.7 Å². The van der Waals surface area contributed by atoms with Gasteiger partial charge in [-0.15, -0.1) is 22.7 Å². The molecular formula is C76H52N6S2. The molecule has 6 nitrogen and oxygen atoms in total. The lowest BCUT2D eigenvalue weighted by Gasteiger charge is -2.27. The Balaban J connectivity index is 1.25. The van der Waals surface area contributed by atoms with Crippen LogP contribution < -0.4 is 0 Å². The summed E-state index contributed by atoms with van der Waals surface area (Å²) >= 11 is 2.64. The van der Waals surface area contributed by atoms with Crippen molar-refractivity contribution in [2.24, 2.45) is 0 Å². The van der Waals surface area contributed by atoms with Gasteiger partial charge < -0.3 is 18.3 Å². The summed E-state index contributed by atoms with van der Waals surface area (Å²) in [6.07, 6.45) is 0. The van der Waals surface area contributed by atoms with Crippen LogP contribution in [0.25, 0.3) is 155 Å². The Labute approximate surface area is 505 Å². The van der Waals surface area contributed by atoms with E-state index in [1.807, 2.05) is 112 Å². The average molecular weight is 1120 g/mol. The zero-order valence-electron chi connectivity index (χ0n) is 56.4. The number of nitriles is 1. The van der Waals surface area contributed by atoms with Crippen LogP contribution in [-0.2, 0) is 10.8 Å². The van der Waals surface area contributed by atoms with Crippen LogP contribution in [0, 0.1) is 17.9 Å². The van der Waals surface area contributed by atoms with Crippen LogP contribution in [0.5, 0.6) is 0 Å². The van der Waals surface area contributed by atoms with Crippen molar-refractivity contribution >= 4 is 156 Å². The number of benzene rings is 11. The molecule has 11 aromatic carbocycles. The second-order valence-corrected chi connectivity index (χ2v) is 25.9. The molecule has 0 N–H and O–H groups in total. The van der Waals surface area contributed by atoms with Gasteiger partial charge in [0.25, 0.3) is 0 Å². The Bertz CT molecular complexity index is 6230. The molecule has 0 fully saturated rings. The normalized spacial score (nSPS) is 14.3. The Hall–Kier alpha value is -9.96. The summed E-state index contributed by atoms with van der Waals surface area (Å²) in [5.41, 5.74) is 6.44. The Morgan fingerprint density at radius 2 is 0.952 bits per heavy atom. The molecule has 6 heterocycles. The molecule has 0 radical (unpaired) electrons. The highest BCUT2D eigenvalue weighted by atomic mass is 32.1. The molecule has 0 atom stereocenters. The molecule has 8 heteroatoms. The summed E-state index contributed by atoms with van der Waals surface area (Å²) in [5, 5.41) is 20.2. The third kappa shape index (κ3) is 6.47. The van der Waals surface area contributed by atoms with Crippen molar-refractivity contribution in [3.63, 3.8) is 0 Å². The molecular weight excluding hydrogens is 1060 g/mol. The van der Waals surface area contributed by atoms with Crippen LogP contribution in [0.3, 0.4) is 0 Å². The van der Waals surface area contributed by atoms with E-state index in [-0.39, 0.29) is 92.9 Å². The van der Waals surface area contributed by atoms with E-state index in [1.165, 1.54) is 0 Å². The number of nitrogens with zero attached hydrogens (tertiary/aromatic N) is 6. The fraction of sp³-hybridized carbons (Fsp3) is 0.105. The average Bonchev–Trinajstić information content (AvgIpc) is 1.49. The van der Waals surface area contributed by atoms with Gasteiger partial charge in [-0.2, -0.15) is 5.26 Å².